The van der Waals surface area contributed by atoms with Gasteiger partial charge in [-0.15, -0.1) is 0 Å². The highest BCUT2D eigenvalue weighted by Gasteiger charge is 2.18. The normalized spacial score (nSPS) is 10.8. The van der Waals surface area contributed by atoms with Crippen molar-refractivity contribution in [3.8, 4) is 11.5 Å². The van der Waals surface area contributed by atoms with Gasteiger partial charge in [0.05, 0.1) is 19.8 Å². The third-order valence-electron chi connectivity index (χ3n) is 3.69. The van der Waals surface area contributed by atoms with Gasteiger partial charge in [-0.2, -0.15) is 0 Å². The van der Waals surface area contributed by atoms with E-state index in [0.29, 0.717) is 23.6 Å². The second-order valence-electron chi connectivity index (χ2n) is 5.62. The summed E-state index contributed by atoms with van der Waals surface area (Å²) < 4.78 is 10.9. The number of carbonyl (C=O) groups excluding carboxylic acids is 1. The average molecular weight is 316 g/mol. The summed E-state index contributed by atoms with van der Waals surface area (Å²) in [6.07, 6.45) is 0.895. The molecule has 1 N–H and O–H groups in total. The van der Waals surface area contributed by atoms with Gasteiger partial charge in [-0.3, -0.25) is 4.79 Å². The van der Waals surface area contributed by atoms with E-state index in [4.69, 9.17) is 9.47 Å². The van der Waals surface area contributed by atoms with Gasteiger partial charge in [-0.05, 0) is 33.1 Å². The van der Waals surface area contributed by atoms with Crippen molar-refractivity contribution in [2.75, 3.05) is 41.4 Å². The SMILES string of the molecule is COc1cc(C(=O)NCCCN(C)C)c(OC)c2ccccc12. The molecule has 0 aliphatic heterocycles. The van der Waals surface area contributed by atoms with Gasteiger partial charge in [0, 0.05) is 17.3 Å². The predicted octanol–water partition coefficient (Wildman–Crippen LogP) is 2.54. The lowest BCUT2D eigenvalue weighted by Gasteiger charge is -2.15. The lowest BCUT2D eigenvalue weighted by Crippen LogP contribution is -2.27. The summed E-state index contributed by atoms with van der Waals surface area (Å²) in [5.41, 5.74) is 0.493. The van der Waals surface area contributed by atoms with Crippen LogP contribution in [0.1, 0.15) is 16.8 Å². The lowest BCUT2D eigenvalue weighted by molar-refractivity contribution is 0.0949. The summed E-state index contributed by atoms with van der Waals surface area (Å²) in [7, 11) is 7.21. The Hall–Kier alpha value is -2.27. The van der Waals surface area contributed by atoms with Crippen LogP contribution in [0.4, 0.5) is 0 Å². The number of fused-ring (bicyclic) bond motifs is 1. The van der Waals surface area contributed by atoms with E-state index < -0.39 is 0 Å². The van der Waals surface area contributed by atoms with Gasteiger partial charge in [0.25, 0.3) is 5.91 Å². The molecule has 5 heteroatoms. The zero-order chi connectivity index (χ0) is 16.8. The number of nitrogens with zero attached hydrogens (tertiary/aromatic N) is 1. The molecule has 124 valence electrons. The molecule has 1 amide bonds. The summed E-state index contributed by atoms with van der Waals surface area (Å²) in [4.78, 5) is 14.6. The minimum absolute atomic E-state index is 0.148. The van der Waals surface area contributed by atoms with E-state index in [1.807, 2.05) is 38.4 Å². The molecule has 0 atom stereocenters. The molecule has 2 aromatic rings. The van der Waals surface area contributed by atoms with Crippen LogP contribution in [0.15, 0.2) is 30.3 Å². The van der Waals surface area contributed by atoms with Gasteiger partial charge >= 0.3 is 0 Å². The molecule has 0 fully saturated rings. The van der Waals surface area contributed by atoms with Gasteiger partial charge in [0.1, 0.15) is 11.5 Å². The van der Waals surface area contributed by atoms with Crippen LogP contribution in [0.5, 0.6) is 11.5 Å². The van der Waals surface area contributed by atoms with E-state index in [1.54, 1.807) is 20.3 Å². The molecule has 2 rings (SSSR count). The summed E-state index contributed by atoms with van der Waals surface area (Å²) in [5, 5.41) is 4.74. The van der Waals surface area contributed by atoms with E-state index in [0.717, 1.165) is 23.7 Å². The average Bonchev–Trinajstić information content (AvgIpc) is 2.56. The monoisotopic (exact) mass is 316 g/mol. The topological polar surface area (TPSA) is 50.8 Å². The molecular formula is C18H24N2O3. The highest BCUT2D eigenvalue weighted by Crippen LogP contribution is 2.36. The molecule has 0 saturated carbocycles. The summed E-state index contributed by atoms with van der Waals surface area (Å²) >= 11 is 0. The van der Waals surface area contributed by atoms with E-state index in [2.05, 4.69) is 10.2 Å². The Bertz CT molecular complexity index is 683. The number of benzene rings is 2. The molecule has 0 unspecified atom stereocenters. The number of ether oxygens (including phenoxy) is 2. The fourth-order valence-corrected chi connectivity index (χ4v) is 2.57. The van der Waals surface area contributed by atoms with Crippen LogP contribution in [0.3, 0.4) is 0 Å². The van der Waals surface area contributed by atoms with Crippen LogP contribution in [-0.2, 0) is 0 Å². The first-order valence-corrected chi connectivity index (χ1v) is 7.65. The van der Waals surface area contributed by atoms with Crippen molar-refractivity contribution in [1.29, 1.82) is 0 Å². The van der Waals surface area contributed by atoms with Crippen molar-refractivity contribution in [2.24, 2.45) is 0 Å². The highest BCUT2D eigenvalue weighted by atomic mass is 16.5. The smallest absolute Gasteiger partial charge is 0.255 e. The molecular weight excluding hydrogens is 292 g/mol. The second kappa shape index (κ2) is 7.83. The maximum absolute atomic E-state index is 12.5. The van der Waals surface area contributed by atoms with Gasteiger partial charge in [0.15, 0.2) is 0 Å². The Balaban J connectivity index is 2.30. The minimum atomic E-state index is -0.148. The number of hydrogen-bond donors (Lipinski definition) is 1. The Morgan fingerprint density at radius 1 is 1.13 bits per heavy atom. The molecule has 0 saturated heterocycles. The maximum Gasteiger partial charge on any atom is 0.255 e. The van der Waals surface area contributed by atoms with Crippen LogP contribution in [-0.4, -0.2) is 52.2 Å². The van der Waals surface area contributed by atoms with Crippen LogP contribution in [0, 0.1) is 0 Å². The third-order valence-corrected chi connectivity index (χ3v) is 3.69. The van der Waals surface area contributed by atoms with Crippen molar-refractivity contribution >= 4 is 16.7 Å². The van der Waals surface area contributed by atoms with Crippen LogP contribution in [0.25, 0.3) is 10.8 Å². The molecule has 0 spiro atoms. The fraction of sp³-hybridized carbons (Fsp3) is 0.389. The fourth-order valence-electron chi connectivity index (χ4n) is 2.57. The first kappa shape index (κ1) is 17.1. The molecule has 5 nitrogen and oxygen atoms in total. The van der Waals surface area contributed by atoms with Crippen LogP contribution < -0.4 is 14.8 Å². The van der Waals surface area contributed by atoms with Crippen molar-refractivity contribution in [2.45, 2.75) is 6.42 Å². The van der Waals surface area contributed by atoms with Gasteiger partial charge < -0.3 is 19.7 Å². The van der Waals surface area contributed by atoms with E-state index in [1.165, 1.54) is 0 Å². The zero-order valence-electron chi connectivity index (χ0n) is 14.2. The van der Waals surface area contributed by atoms with E-state index >= 15 is 0 Å². The summed E-state index contributed by atoms with van der Waals surface area (Å²) in [6.45, 7) is 1.55. The standard InChI is InChI=1S/C18H24N2O3/c1-20(2)11-7-10-19-18(21)15-12-16(22-3)13-8-5-6-9-14(13)17(15)23-4/h5-6,8-9,12H,7,10-11H2,1-4H3,(H,19,21). The van der Waals surface area contributed by atoms with Crippen molar-refractivity contribution in [3.63, 3.8) is 0 Å². The first-order chi connectivity index (χ1) is 11.1. The van der Waals surface area contributed by atoms with Crippen LogP contribution in [0.2, 0.25) is 0 Å². The summed E-state index contributed by atoms with van der Waals surface area (Å²) in [6, 6.07) is 9.48. The predicted molar refractivity (Wildman–Crippen MR) is 92.6 cm³/mol. The summed E-state index contributed by atoms with van der Waals surface area (Å²) in [5.74, 6) is 1.09. The molecule has 0 aromatic heterocycles. The number of nitrogens with one attached hydrogen (secondary N) is 1. The number of methoxy groups -OCH3 is 2. The number of rotatable bonds is 7. The quantitative estimate of drug-likeness (QED) is 0.798. The largest absolute Gasteiger partial charge is 0.496 e. The number of carbonyl (C=O) groups is 1. The van der Waals surface area contributed by atoms with E-state index in [9.17, 15) is 4.79 Å². The molecule has 2 aromatic carbocycles. The van der Waals surface area contributed by atoms with Crippen molar-refractivity contribution in [1.82, 2.24) is 10.2 Å². The van der Waals surface area contributed by atoms with Crippen LogP contribution >= 0.6 is 0 Å². The third kappa shape index (κ3) is 3.93. The van der Waals surface area contributed by atoms with Crippen molar-refractivity contribution in [3.05, 3.63) is 35.9 Å². The molecule has 0 bridgehead atoms. The van der Waals surface area contributed by atoms with Gasteiger partial charge in [0.2, 0.25) is 0 Å². The van der Waals surface area contributed by atoms with Gasteiger partial charge in [-0.1, -0.05) is 24.3 Å². The maximum atomic E-state index is 12.5. The second-order valence-corrected chi connectivity index (χ2v) is 5.62. The molecule has 23 heavy (non-hydrogen) atoms. The lowest BCUT2D eigenvalue weighted by atomic mass is 10.0. The Labute approximate surface area is 137 Å². The Morgan fingerprint density at radius 3 is 2.43 bits per heavy atom. The number of amides is 1. The highest BCUT2D eigenvalue weighted by molar-refractivity contribution is 6.06. The molecule has 0 radical (unpaired) electrons. The minimum Gasteiger partial charge on any atom is -0.496 e. The molecule has 0 heterocycles. The Kier molecular flexibility index (Phi) is 5.82. The first-order valence-electron chi connectivity index (χ1n) is 7.65. The van der Waals surface area contributed by atoms with Gasteiger partial charge in [-0.25, -0.2) is 0 Å². The molecule has 0 aliphatic rings. The Morgan fingerprint density at radius 2 is 1.83 bits per heavy atom. The zero-order valence-corrected chi connectivity index (χ0v) is 14.2. The van der Waals surface area contributed by atoms with E-state index in [-0.39, 0.29) is 5.91 Å². The van der Waals surface area contributed by atoms with Crippen molar-refractivity contribution < 1.29 is 14.3 Å². The molecule has 0 aliphatic carbocycles. The number of hydrogen-bond acceptors (Lipinski definition) is 4.